The predicted octanol–water partition coefficient (Wildman–Crippen LogP) is 4.54. The van der Waals surface area contributed by atoms with Crippen LogP contribution < -0.4 is 0 Å². The van der Waals surface area contributed by atoms with Crippen LogP contribution in [0.5, 0.6) is 0 Å². The fourth-order valence-corrected chi connectivity index (χ4v) is 7.06. The molecule has 166 valence electrons. The first-order valence-electron chi connectivity index (χ1n) is 8.78. The third kappa shape index (κ3) is 7.60. The van der Waals surface area contributed by atoms with Gasteiger partial charge in [0.05, 0.1) is 0 Å². The fourth-order valence-electron chi connectivity index (χ4n) is 1.86. The molecule has 4 heterocycles. The molecule has 4 aromatic rings. The highest BCUT2D eigenvalue weighted by atomic mass is 32.2. The molecule has 4 aromatic heterocycles. The van der Waals surface area contributed by atoms with Gasteiger partial charge in [-0.05, 0) is 35.5 Å². The van der Waals surface area contributed by atoms with Crippen molar-refractivity contribution < 1.29 is 0 Å². The van der Waals surface area contributed by atoms with Crippen LogP contribution in [0.15, 0.2) is 52.2 Å². The summed E-state index contributed by atoms with van der Waals surface area (Å²) in [4.78, 5) is 16.1. The van der Waals surface area contributed by atoms with Crippen LogP contribution in [0.25, 0.3) is 0 Å². The van der Waals surface area contributed by atoms with Crippen molar-refractivity contribution in [3.05, 3.63) is 36.2 Å². The minimum atomic E-state index is 0.313. The first kappa shape index (κ1) is 25.3. The van der Waals surface area contributed by atoms with Gasteiger partial charge >= 0.3 is 0 Å². The molecule has 0 unspecified atom stereocenters. The summed E-state index contributed by atoms with van der Waals surface area (Å²) in [5.74, 6) is 0.966. The Morgan fingerprint density at radius 2 is 1.18 bits per heavy atom. The monoisotopic (exact) mass is 548 g/mol. The van der Waals surface area contributed by atoms with Gasteiger partial charge in [-0.25, -0.2) is 19.9 Å². The maximum absolute atomic E-state index is 8.88. The lowest BCUT2D eigenvalue weighted by Crippen LogP contribution is -1.89. The lowest BCUT2D eigenvalue weighted by atomic mass is 10.5. The van der Waals surface area contributed by atoms with Crippen LogP contribution in [0, 0.1) is 22.7 Å². The predicted molar refractivity (Wildman–Crippen MR) is 130 cm³/mol. The normalized spacial score (nSPS) is 10.1. The Kier molecular flexibility index (Phi) is 10.3. The first-order chi connectivity index (χ1) is 16.2. The Morgan fingerprint density at radius 1 is 0.727 bits per heavy atom. The molecule has 0 aliphatic heterocycles. The molecule has 0 amide bonds. The average molecular weight is 549 g/mol. The van der Waals surface area contributed by atoms with E-state index in [-0.39, 0.29) is 0 Å². The van der Waals surface area contributed by atoms with Crippen molar-refractivity contribution in [3.63, 3.8) is 0 Å². The molecule has 0 fully saturated rings. The molecule has 0 aromatic carbocycles. The second-order valence-electron chi connectivity index (χ2n) is 5.15. The van der Waals surface area contributed by atoms with Crippen LogP contribution >= 0.6 is 69.7 Å². The summed E-state index contributed by atoms with van der Waals surface area (Å²) in [6, 6.07) is 4.00. The molecule has 0 aliphatic carbocycles. The number of hydrogen-bond acceptors (Lipinski definition) is 16. The van der Waals surface area contributed by atoms with E-state index < -0.39 is 0 Å². The third-order valence-corrected chi connectivity index (χ3v) is 9.05. The molecular formula is C17H12N10S6. The maximum Gasteiger partial charge on any atom is 0.181 e. The van der Waals surface area contributed by atoms with E-state index in [0.29, 0.717) is 21.4 Å². The van der Waals surface area contributed by atoms with Gasteiger partial charge in [-0.3, -0.25) is 0 Å². The SMILES string of the molecule is CCSc1nnc(Sc2nccnc2C#N)s1.CSc1nnc(Sc2nccnc2C#N)s1. The van der Waals surface area contributed by atoms with Gasteiger partial charge in [-0.2, -0.15) is 10.5 Å². The molecule has 0 bridgehead atoms. The third-order valence-electron chi connectivity index (χ3n) is 3.13. The van der Waals surface area contributed by atoms with Gasteiger partial charge in [0.1, 0.15) is 22.2 Å². The van der Waals surface area contributed by atoms with Gasteiger partial charge in [0.15, 0.2) is 28.7 Å². The van der Waals surface area contributed by atoms with Crippen LogP contribution in [-0.4, -0.2) is 52.3 Å². The fraction of sp³-hybridized carbons (Fsp3) is 0.176. The van der Waals surface area contributed by atoms with E-state index in [9.17, 15) is 0 Å². The molecule has 4 rings (SSSR count). The molecule has 10 nitrogen and oxygen atoms in total. The molecule has 0 atom stereocenters. The number of rotatable bonds is 7. The Bertz CT molecular complexity index is 1280. The van der Waals surface area contributed by atoms with Crippen LogP contribution in [0.4, 0.5) is 0 Å². The van der Waals surface area contributed by atoms with Crippen molar-refractivity contribution in [2.45, 2.75) is 34.3 Å². The number of aromatic nitrogens is 8. The standard InChI is InChI=1S/C9H7N5S3.C8H5N5S3/c1-2-15-8-13-14-9(17-8)16-7-6(5-10)11-3-4-12-7;1-14-7-12-13-8(16-7)15-6-5(4-9)10-2-3-11-6/h3-4H,2H2,1H3;2-3H,1H3. The van der Waals surface area contributed by atoms with Crippen LogP contribution in [0.2, 0.25) is 0 Å². The molecule has 0 aliphatic rings. The summed E-state index contributed by atoms with van der Waals surface area (Å²) in [5, 5.41) is 34.9. The Hall–Kier alpha value is -2.34. The van der Waals surface area contributed by atoms with Crippen LogP contribution in [0.1, 0.15) is 18.3 Å². The summed E-state index contributed by atoms with van der Waals surface area (Å²) in [6.07, 6.45) is 8.06. The minimum Gasteiger partial charge on any atom is -0.245 e. The Morgan fingerprint density at radius 3 is 1.64 bits per heavy atom. The smallest absolute Gasteiger partial charge is 0.181 e. The van der Waals surface area contributed by atoms with Gasteiger partial charge < -0.3 is 0 Å². The Labute approximate surface area is 214 Å². The van der Waals surface area contributed by atoms with E-state index in [2.05, 4.69) is 47.3 Å². The first-order valence-corrected chi connectivity index (χ1v) is 14.3. The van der Waals surface area contributed by atoms with Gasteiger partial charge in [0.25, 0.3) is 0 Å². The summed E-state index contributed by atoms with van der Waals surface area (Å²) < 4.78 is 3.36. The van der Waals surface area contributed by atoms with Gasteiger partial charge in [-0.1, -0.05) is 53.1 Å². The molecule has 0 N–H and O–H groups in total. The second-order valence-corrected chi connectivity index (χ2v) is 12.1. The van der Waals surface area contributed by atoms with E-state index in [1.165, 1.54) is 58.6 Å². The summed E-state index contributed by atoms with van der Waals surface area (Å²) in [5.41, 5.74) is 0.630. The highest BCUT2D eigenvalue weighted by Crippen LogP contribution is 2.33. The second kappa shape index (κ2) is 13.4. The molecule has 0 saturated carbocycles. The zero-order valence-corrected chi connectivity index (χ0v) is 21.8. The lowest BCUT2D eigenvalue weighted by Gasteiger charge is -1.96. The van der Waals surface area contributed by atoms with Crippen molar-refractivity contribution in [2.75, 3.05) is 12.0 Å². The molecule has 0 radical (unpaired) electrons. The van der Waals surface area contributed by atoms with Crippen molar-refractivity contribution in [3.8, 4) is 12.1 Å². The largest absolute Gasteiger partial charge is 0.245 e. The summed E-state index contributed by atoms with van der Waals surface area (Å²) in [6.45, 7) is 2.06. The minimum absolute atomic E-state index is 0.313. The molecule has 0 saturated heterocycles. The Balaban J connectivity index is 0.000000186. The van der Waals surface area contributed by atoms with Crippen molar-refractivity contribution in [1.82, 2.24) is 40.3 Å². The van der Waals surface area contributed by atoms with Crippen molar-refractivity contribution in [1.29, 1.82) is 10.5 Å². The lowest BCUT2D eigenvalue weighted by molar-refractivity contribution is 0.949. The van der Waals surface area contributed by atoms with E-state index in [0.717, 1.165) is 23.1 Å². The zero-order valence-electron chi connectivity index (χ0n) is 16.9. The van der Waals surface area contributed by atoms with E-state index in [4.69, 9.17) is 10.5 Å². The molecular weight excluding hydrogens is 537 g/mol. The molecule has 16 heteroatoms. The van der Waals surface area contributed by atoms with Gasteiger partial charge in [0.2, 0.25) is 0 Å². The quantitative estimate of drug-likeness (QED) is 0.297. The van der Waals surface area contributed by atoms with Gasteiger partial charge in [0, 0.05) is 24.8 Å². The van der Waals surface area contributed by atoms with E-state index in [1.54, 1.807) is 35.9 Å². The summed E-state index contributed by atoms with van der Waals surface area (Å²) >= 11 is 8.79. The zero-order chi connectivity index (χ0) is 23.5. The average Bonchev–Trinajstić information content (AvgIpc) is 3.50. The number of nitriles is 2. The topological polar surface area (TPSA) is 151 Å². The van der Waals surface area contributed by atoms with E-state index in [1.807, 2.05) is 18.4 Å². The number of hydrogen-bond donors (Lipinski definition) is 0. The van der Waals surface area contributed by atoms with Crippen molar-refractivity contribution in [2.24, 2.45) is 0 Å². The maximum atomic E-state index is 8.88. The van der Waals surface area contributed by atoms with Crippen LogP contribution in [0.3, 0.4) is 0 Å². The van der Waals surface area contributed by atoms with Crippen molar-refractivity contribution >= 4 is 69.7 Å². The van der Waals surface area contributed by atoms with Gasteiger partial charge in [-0.15, -0.1) is 20.4 Å². The molecule has 33 heavy (non-hydrogen) atoms. The number of nitrogens with zero attached hydrogens (tertiary/aromatic N) is 10. The number of thioether (sulfide) groups is 2. The summed E-state index contributed by atoms with van der Waals surface area (Å²) in [7, 11) is 0. The van der Waals surface area contributed by atoms with Crippen LogP contribution in [-0.2, 0) is 0 Å². The van der Waals surface area contributed by atoms with E-state index >= 15 is 0 Å². The highest BCUT2D eigenvalue weighted by Gasteiger charge is 2.11. The highest BCUT2D eigenvalue weighted by molar-refractivity contribution is 8.03. The molecule has 0 spiro atoms.